The molecule has 2 N–H and O–H groups in total. The summed E-state index contributed by atoms with van der Waals surface area (Å²) in [5.74, 6) is -0.0428. The molecule has 1 unspecified atom stereocenters. The first-order valence-corrected chi connectivity index (χ1v) is 7.56. The van der Waals surface area contributed by atoms with E-state index in [4.69, 9.17) is 9.84 Å². The van der Waals surface area contributed by atoms with Crippen LogP contribution in [0.5, 0.6) is 0 Å². The SMILES string of the molecule is CCOCCS(=O)(=O)NC(CCO)C(C)(C)C. The minimum absolute atomic E-state index is 0.0318. The molecular weight excluding hydrogens is 242 g/mol. The minimum Gasteiger partial charge on any atom is -0.396 e. The van der Waals surface area contributed by atoms with Gasteiger partial charge < -0.3 is 9.84 Å². The van der Waals surface area contributed by atoms with E-state index >= 15 is 0 Å². The predicted octanol–water partition coefficient (Wildman–Crippen LogP) is 0.739. The Morgan fingerprint density at radius 3 is 2.35 bits per heavy atom. The van der Waals surface area contributed by atoms with Crippen LogP contribution in [0, 0.1) is 5.41 Å². The molecule has 0 saturated carbocycles. The van der Waals surface area contributed by atoms with Gasteiger partial charge in [0, 0.05) is 19.3 Å². The summed E-state index contributed by atoms with van der Waals surface area (Å²) in [6.07, 6.45) is 0.414. The topological polar surface area (TPSA) is 75.6 Å². The van der Waals surface area contributed by atoms with Crippen LogP contribution in [0.4, 0.5) is 0 Å². The molecule has 0 aliphatic rings. The maximum atomic E-state index is 11.8. The van der Waals surface area contributed by atoms with Crippen molar-refractivity contribution in [2.24, 2.45) is 5.41 Å². The van der Waals surface area contributed by atoms with Crippen molar-refractivity contribution in [3.63, 3.8) is 0 Å². The van der Waals surface area contributed by atoms with Gasteiger partial charge in [0.15, 0.2) is 0 Å². The molecule has 6 heteroatoms. The number of hydrogen-bond acceptors (Lipinski definition) is 4. The molecule has 0 aliphatic carbocycles. The molecule has 104 valence electrons. The molecule has 0 amide bonds. The van der Waals surface area contributed by atoms with Crippen molar-refractivity contribution in [3.8, 4) is 0 Å². The summed E-state index contributed by atoms with van der Waals surface area (Å²) in [5, 5.41) is 8.95. The molecule has 0 heterocycles. The third kappa shape index (κ3) is 7.70. The Labute approximate surface area is 105 Å². The maximum Gasteiger partial charge on any atom is 0.214 e. The third-order valence-corrected chi connectivity index (χ3v) is 3.83. The summed E-state index contributed by atoms with van der Waals surface area (Å²) < 4.78 is 31.2. The molecule has 0 saturated heterocycles. The van der Waals surface area contributed by atoms with Crippen LogP contribution in [-0.4, -0.2) is 45.1 Å². The van der Waals surface area contributed by atoms with Crippen molar-refractivity contribution < 1.29 is 18.3 Å². The van der Waals surface area contributed by atoms with Gasteiger partial charge in [0.25, 0.3) is 0 Å². The normalized spacial score (nSPS) is 14.9. The molecule has 0 aromatic heterocycles. The average molecular weight is 267 g/mol. The van der Waals surface area contributed by atoms with E-state index in [0.717, 1.165) is 0 Å². The van der Waals surface area contributed by atoms with Crippen molar-refractivity contribution in [3.05, 3.63) is 0 Å². The lowest BCUT2D eigenvalue weighted by Gasteiger charge is -2.30. The van der Waals surface area contributed by atoms with E-state index in [1.807, 2.05) is 27.7 Å². The van der Waals surface area contributed by atoms with E-state index in [1.165, 1.54) is 0 Å². The van der Waals surface area contributed by atoms with Crippen molar-refractivity contribution in [2.45, 2.75) is 40.2 Å². The lowest BCUT2D eigenvalue weighted by atomic mass is 9.86. The zero-order valence-electron chi connectivity index (χ0n) is 11.2. The van der Waals surface area contributed by atoms with Gasteiger partial charge >= 0.3 is 0 Å². The minimum atomic E-state index is -3.34. The zero-order valence-corrected chi connectivity index (χ0v) is 12.0. The standard InChI is InChI=1S/C11H25NO4S/c1-5-16-8-9-17(14,15)12-10(6-7-13)11(2,3)4/h10,12-13H,5-9H2,1-4H3. The molecule has 0 aromatic carbocycles. The molecule has 0 rings (SSSR count). The summed E-state index contributed by atoms with van der Waals surface area (Å²) in [7, 11) is -3.34. The van der Waals surface area contributed by atoms with Crippen LogP contribution in [0.25, 0.3) is 0 Å². The highest BCUT2D eigenvalue weighted by Crippen LogP contribution is 2.22. The van der Waals surface area contributed by atoms with Gasteiger partial charge in [-0.25, -0.2) is 13.1 Å². The molecule has 0 bridgehead atoms. The third-order valence-electron chi connectivity index (χ3n) is 2.49. The number of sulfonamides is 1. The van der Waals surface area contributed by atoms with E-state index in [9.17, 15) is 8.42 Å². The first-order chi connectivity index (χ1) is 7.73. The Hall–Kier alpha value is -0.170. The molecule has 0 aliphatic heterocycles. The first-order valence-electron chi connectivity index (χ1n) is 5.91. The fraction of sp³-hybridized carbons (Fsp3) is 1.00. The van der Waals surface area contributed by atoms with Gasteiger partial charge in [-0.05, 0) is 18.8 Å². The van der Waals surface area contributed by atoms with E-state index in [0.29, 0.717) is 13.0 Å². The second kappa shape index (κ2) is 7.31. The van der Waals surface area contributed by atoms with Gasteiger partial charge in [-0.1, -0.05) is 20.8 Å². The highest BCUT2D eigenvalue weighted by Gasteiger charge is 2.28. The van der Waals surface area contributed by atoms with Gasteiger partial charge in [-0.2, -0.15) is 0 Å². The maximum absolute atomic E-state index is 11.8. The number of aliphatic hydroxyl groups excluding tert-OH is 1. The van der Waals surface area contributed by atoms with Crippen LogP contribution in [0.2, 0.25) is 0 Å². The molecule has 5 nitrogen and oxygen atoms in total. The van der Waals surface area contributed by atoms with Crippen LogP contribution in [0.15, 0.2) is 0 Å². The van der Waals surface area contributed by atoms with Crippen molar-refractivity contribution >= 4 is 10.0 Å². The van der Waals surface area contributed by atoms with Crippen LogP contribution in [0.1, 0.15) is 34.1 Å². The number of nitrogens with one attached hydrogen (secondary N) is 1. The number of aliphatic hydroxyl groups is 1. The zero-order chi connectivity index (χ0) is 13.5. The summed E-state index contributed by atoms with van der Waals surface area (Å²) in [6.45, 7) is 8.32. The van der Waals surface area contributed by atoms with E-state index in [1.54, 1.807) is 0 Å². The molecular formula is C11H25NO4S. The Bertz CT molecular complexity index is 295. The number of ether oxygens (including phenoxy) is 1. The second-order valence-electron chi connectivity index (χ2n) is 5.06. The van der Waals surface area contributed by atoms with Crippen LogP contribution >= 0.6 is 0 Å². The summed E-state index contributed by atoms with van der Waals surface area (Å²) in [5.41, 5.74) is -0.221. The smallest absolute Gasteiger partial charge is 0.214 e. The van der Waals surface area contributed by atoms with Crippen LogP contribution < -0.4 is 4.72 Å². The van der Waals surface area contributed by atoms with Crippen molar-refractivity contribution in [2.75, 3.05) is 25.6 Å². The number of rotatable bonds is 8. The second-order valence-corrected chi connectivity index (χ2v) is 6.94. The molecule has 0 aromatic rings. The summed E-state index contributed by atoms with van der Waals surface area (Å²) >= 11 is 0. The Morgan fingerprint density at radius 2 is 1.94 bits per heavy atom. The number of hydrogen-bond donors (Lipinski definition) is 2. The van der Waals surface area contributed by atoms with E-state index in [-0.39, 0.29) is 30.4 Å². The lowest BCUT2D eigenvalue weighted by Crippen LogP contribution is -2.45. The average Bonchev–Trinajstić information content (AvgIpc) is 2.15. The lowest BCUT2D eigenvalue weighted by molar-refractivity contribution is 0.162. The largest absolute Gasteiger partial charge is 0.396 e. The highest BCUT2D eigenvalue weighted by molar-refractivity contribution is 7.89. The molecule has 1 atom stereocenters. The Balaban J connectivity index is 4.43. The Kier molecular flexibility index (Phi) is 7.23. The van der Waals surface area contributed by atoms with E-state index < -0.39 is 10.0 Å². The van der Waals surface area contributed by atoms with Gasteiger partial charge in [0.05, 0.1) is 12.4 Å². The van der Waals surface area contributed by atoms with Crippen molar-refractivity contribution in [1.82, 2.24) is 4.72 Å². The van der Waals surface area contributed by atoms with Crippen molar-refractivity contribution in [1.29, 1.82) is 0 Å². The van der Waals surface area contributed by atoms with Crippen LogP contribution in [0.3, 0.4) is 0 Å². The highest BCUT2D eigenvalue weighted by atomic mass is 32.2. The molecule has 0 radical (unpaired) electrons. The van der Waals surface area contributed by atoms with Gasteiger partial charge in [-0.3, -0.25) is 0 Å². The van der Waals surface area contributed by atoms with Gasteiger partial charge in [0.1, 0.15) is 0 Å². The molecule has 0 fully saturated rings. The first kappa shape index (κ1) is 16.8. The molecule has 0 spiro atoms. The van der Waals surface area contributed by atoms with Gasteiger partial charge in [-0.15, -0.1) is 0 Å². The molecule has 17 heavy (non-hydrogen) atoms. The van der Waals surface area contributed by atoms with Gasteiger partial charge in [0.2, 0.25) is 10.0 Å². The van der Waals surface area contributed by atoms with Crippen LogP contribution in [-0.2, 0) is 14.8 Å². The quantitative estimate of drug-likeness (QED) is 0.636. The summed E-state index contributed by atoms with van der Waals surface area (Å²) in [4.78, 5) is 0. The Morgan fingerprint density at radius 1 is 1.35 bits per heavy atom. The predicted molar refractivity (Wildman–Crippen MR) is 68.4 cm³/mol. The fourth-order valence-electron chi connectivity index (χ4n) is 1.39. The fourth-order valence-corrected chi connectivity index (χ4v) is 2.75. The monoisotopic (exact) mass is 267 g/mol. The van der Waals surface area contributed by atoms with E-state index in [2.05, 4.69) is 4.72 Å². The summed E-state index contributed by atoms with van der Waals surface area (Å²) in [6, 6.07) is -0.265.